The van der Waals surface area contributed by atoms with Crippen molar-refractivity contribution in [2.45, 2.75) is 38.3 Å². The average molecular weight is 456 g/mol. The molecule has 1 aliphatic heterocycles. The summed E-state index contributed by atoms with van der Waals surface area (Å²) in [6.07, 6.45) is 5.78. The van der Waals surface area contributed by atoms with Crippen molar-refractivity contribution in [3.8, 4) is 5.75 Å². The zero-order valence-electron chi connectivity index (χ0n) is 19.5. The van der Waals surface area contributed by atoms with Crippen LogP contribution in [0.5, 0.6) is 5.75 Å². The van der Waals surface area contributed by atoms with Crippen LogP contribution >= 0.6 is 0 Å². The first-order valence-electron chi connectivity index (χ1n) is 11.7. The monoisotopic (exact) mass is 455 g/mol. The van der Waals surface area contributed by atoms with Crippen molar-refractivity contribution in [3.63, 3.8) is 0 Å². The second-order valence-electron chi connectivity index (χ2n) is 9.03. The van der Waals surface area contributed by atoms with Crippen LogP contribution in [0.25, 0.3) is 10.9 Å². The lowest BCUT2D eigenvalue weighted by molar-refractivity contribution is 0.0696. The van der Waals surface area contributed by atoms with E-state index in [4.69, 9.17) is 4.74 Å². The molecule has 2 atom stereocenters. The van der Waals surface area contributed by atoms with Crippen molar-refractivity contribution in [2.75, 3.05) is 13.7 Å². The highest BCUT2D eigenvalue weighted by atomic mass is 16.5. The minimum Gasteiger partial charge on any atom is -0.496 e. The maximum absolute atomic E-state index is 11.4. The number of piperidine rings is 1. The molecule has 4 aromatic rings. The van der Waals surface area contributed by atoms with E-state index in [1.54, 1.807) is 19.2 Å². The second kappa shape index (κ2) is 9.31. The predicted octanol–water partition coefficient (Wildman–Crippen LogP) is 5.70. The fourth-order valence-electron chi connectivity index (χ4n) is 5.27. The topological polar surface area (TPSA) is 78.5 Å². The Morgan fingerprint density at radius 2 is 2.03 bits per heavy atom. The third-order valence-corrected chi connectivity index (χ3v) is 7.05. The van der Waals surface area contributed by atoms with Crippen LogP contribution in [0.3, 0.4) is 0 Å². The molecule has 1 aliphatic rings. The summed E-state index contributed by atoms with van der Waals surface area (Å²) < 4.78 is 5.80. The van der Waals surface area contributed by atoms with Gasteiger partial charge in [-0.2, -0.15) is 0 Å². The first-order valence-corrected chi connectivity index (χ1v) is 11.7. The number of pyridine rings is 1. The zero-order chi connectivity index (χ0) is 23.7. The van der Waals surface area contributed by atoms with Gasteiger partial charge >= 0.3 is 5.97 Å². The molecule has 5 rings (SSSR count). The maximum Gasteiger partial charge on any atom is 0.335 e. The van der Waals surface area contributed by atoms with E-state index in [9.17, 15) is 9.90 Å². The third kappa shape index (κ3) is 4.17. The summed E-state index contributed by atoms with van der Waals surface area (Å²) in [5.74, 6) is 0.350. The number of fused-ring (bicyclic) bond motifs is 1. The number of methoxy groups -OCH3 is 1. The number of aromatic carboxylic acids is 1. The Morgan fingerprint density at radius 1 is 1.21 bits per heavy atom. The molecule has 34 heavy (non-hydrogen) atoms. The summed E-state index contributed by atoms with van der Waals surface area (Å²) in [6, 6.07) is 17.8. The van der Waals surface area contributed by atoms with Crippen LogP contribution in [-0.2, 0) is 6.54 Å². The van der Waals surface area contributed by atoms with Gasteiger partial charge in [-0.1, -0.05) is 18.2 Å². The molecule has 2 aromatic heterocycles. The Hall–Kier alpha value is -3.64. The minimum atomic E-state index is -0.905. The van der Waals surface area contributed by atoms with E-state index in [1.807, 2.05) is 36.7 Å². The van der Waals surface area contributed by atoms with Crippen LogP contribution in [-0.4, -0.2) is 39.6 Å². The third-order valence-electron chi connectivity index (χ3n) is 7.05. The predicted molar refractivity (Wildman–Crippen MR) is 132 cm³/mol. The molecule has 6 heteroatoms. The number of hydrogen-bond acceptors (Lipinski definition) is 4. The number of nitrogens with one attached hydrogen (secondary N) is 1. The minimum absolute atomic E-state index is 0.142. The van der Waals surface area contributed by atoms with Gasteiger partial charge in [0, 0.05) is 53.1 Å². The van der Waals surface area contributed by atoms with Crippen molar-refractivity contribution in [1.29, 1.82) is 0 Å². The Morgan fingerprint density at radius 3 is 2.74 bits per heavy atom. The Balaban J connectivity index is 1.51. The molecule has 174 valence electrons. The van der Waals surface area contributed by atoms with Crippen LogP contribution in [0, 0.1) is 6.92 Å². The quantitative estimate of drug-likeness (QED) is 0.390. The molecule has 6 nitrogen and oxygen atoms in total. The molecule has 0 unspecified atom stereocenters. The molecule has 0 aliphatic carbocycles. The molecule has 0 radical (unpaired) electrons. The lowest BCUT2D eigenvalue weighted by Gasteiger charge is -2.40. The molecule has 0 spiro atoms. The Bertz CT molecular complexity index is 1300. The van der Waals surface area contributed by atoms with Gasteiger partial charge < -0.3 is 14.8 Å². The van der Waals surface area contributed by atoms with Gasteiger partial charge in [-0.15, -0.1) is 0 Å². The summed E-state index contributed by atoms with van der Waals surface area (Å²) >= 11 is 0. The molecule has 0 amide bonds. The number of rotatable bonds is 6. The molecular formula is C28H29N3O3. The fraction of sp³-hybridized carbons (Fsp3) is 0.286. The molecule has 2 aromatic carbocycles. The average Bonchev–Trinajstić information content (AvgIpc) is 3.37. The number of nitrogens with zero attached hydrogens (tertiary/aromatic N) is 2. The van der Waals surface area contributed by atoms with Crippen LogP contribution in [0.1, 0.15) is 57.5 Å². The van der Waals surface area contributed by atoms with Gasteiger partial charge in [0.25, 0.3) is 0 Å². The van der Waals surface area contributed by atoms with Crippen molar-refractivity contribution >= 4 is 16.9 Å². The zero-order valence-corrected chi connectivity index (χ0v) is 19.5. The van der Waals surface area contributed by atoms with Crippen LogP contribution in [0.2, 0.25) is 0 Å². The molecule has 0 saturated carbocycles. The lowest BCUT2D eigenvalue weighted by Crippen LogP contribution is -2.36. The first kappa shape index (κ1) is 22.2. The molecule has 1 saturated heterocycles. The normalized spacial score (nSPS) is 18.8. The molecule has 1 fully saturated rings. The number of aromatic amines is 1. The van der Waals surface area contributed by atoms with E-state index in [1.165, 1.54) is 10.9 Å². The number of ether oxygens (including phenoxy) is 1. The van der Waals surface area contributed by atoms with Crippen LogP contribution in [0.15, 0.2) is 67.0 Å². The van der Waals surface area contributed by atoms with Crippen molar-refractivity contribution < 1.29 is 14.6 Å². The molecule has 0 bridgehead atoms. The maximum atomic E-state index is 11.4. The second-order valence-corrected chi connectivity index (χ2v) is 9.03. The van der Waals surface area contributed by atoms with Crippen LogP contribution in [0.4, 0.5) is 0 Å². The van der Waals surface area contributed by atoms with E-state index in [2.05, 4.69) is 40.0 Å². The highest BCUT2D eigenvalue weighted by molar-refractivity contribution is 5.88. The number of aromatic nitrogens is 2. The molecule has 3 heterocycles. The van der Waals surface area contributed by atoms with Gasteiger partial charge in [0.15, 0.2) is 0 Å². The highest BCUT2D eigenvalue weighted by Crippen LogP contribution is 2.41. The number of hydrogen-bond donors (Lipinski definition) is 2. The standard InChI is InChI=1S/C28H29N3O3/c1-18-15-26(34-2)23(22-10-13-30-27(18)22)17-31-14-11-21(24-5-3-4-12-29-24)16-25(31)19-6-8-20(9-7-19)28(32)33/h3-10,12-13,15,21,25,30H,11,14,16-17H2,1-2H3,(H,32,33)/t21-,25+/m0/s1. The Kier molecular flexibility index (Phi) is 6.07. The van der Waals surface area contributed by atoms with Crippen molar-refractivity contribution in [1.82, 2.24) is 14.9 Å². The van der Waals surface area contributed by atoms with E-state index in [-0.39, 0.29) is 6.04 Å². The summed E-state index contributed by atoms with van der Waals surface area (Å²) in [7, 11) is 1.73. The SMILES string of the molecule is COc1cc(C)c2[nH]ccc2c1CN1CC[C@H](c2ccccn2)C[C@@H]1c1ccc(C(=O)O)cc1. The number of benzene rings is 2. The smallest absolute Gasteiger partial charge is 0.335 e. The Labute approximate surface area is 199 Å². The summed E-state index contributed by atoms with van der Waals surface area (Å²) in [5, 5.41) is 10.5. The molecular weight excluding hydrogens is 426 g/mol. The fourth-order valence-corrected chi connectivity index (χ4v) is 5.27. The summed E-state index contributed by atoms with van der Waals surface area (Å²) in [4.78, 5) is 21.9. The van der Waals surface area contributed by atoms with E-state index in [0.29, 0.717) is 11.5 Å². The van der Waals surface area contributed by atoms with Gasteiger partial charge in [-0.3, -0.25) is 9.88 Å². The highest BCUT2D eigenvalue weighted by Gasteiger charge is 2.32. The van der Waals surface area contributed by atoms with Gasteiger partial charge in [0.1, 0.15) is 5.75 Å². The van der Waals surface area contributed by atoms with Crippen LogP contribution < -0.4 is 4.74 Å². The number of carboxylic acids is 1. The lowest BCUT2D eigenvalue weighted by atomic mass is 9.84. The summed E-state index contributed by atoms with van der Waals surface area (Å²) in [5.41, 5.74) is 6.03. The van der Waals surface area contributed by atoms with Gasteiger partial charge in [0.2, 0.25) is 0 Å². The van der Waals surface area contributed by atoms with Crippen molar-refractivity contribution in [2.24, 2.45) is 0 Å². The van der Waals surface area contributed by atoms with E-state index < -0.39 is 5.97 Å². The number of carbonyl (C=O) groups is 1. The number of aryl methyl sites for hydroxylation is 1. The first-order chi connectivity index (χ1) is 16.5. The van der Waals surface area contributed by atoms with Crippen molar-refractivity contribution in [3.05, 3.63) is 94.9 Å². The van der Waals surface area contributed by atoms with Gasteiger partial charge in [0.05, 0.1) is 12.7 Å². The molecule has 2 N–H and O–H groups in total. The number of carboxylic acid groups (broad SMARTS) is 1. The summed E-state index contributed by atoms with van der Waals surface area (Å²) in [6.45, 7) is 3.75. The van der Waals surface area contributed by atoms with E-state index in [0.717, 1.165) is 54.0 Å². The van der Waals surface area contributed by atoms with Gasteiger partial charge in [-0.05, 0) is 73.8 Å². The number of H-pyrrole nitrogens is 1. The number of likely N-dealkylation sites (tertiary alicyclic amines) is 1. The largest absolute Gasteiger partial charge is 0.496 e. The van der Waals surface area contributed by atoms with E-state index >= 15 is 0 Å². The van der Waals surface area contributed by atoms with Gasteiger partial charge in [-0.25, -0.2) is 4.79 Å².